The lowest BCUT2D eigenvalue weighted by atomic mass is 10.1. The third kappa shape index (κ3) is 4.12. The average molecular weight is 314 g/mol. The first-order valence-electron chi connectivity index (χ1n) is 8.22. The van der Waals surface area contributed by atoms with Crippen molar-refractivity contribution in [2.75, 3.05) is 6.61 Å². The molecule has 0 bridgehead atoms. The number of aromatic amines is 1. The predicted octanol–water partition coefficient (Wildman–Crippen LogP) is 2.70. The van der Waals surface area contributed by atoms with Gasteiger partial charge in [-0.05, 0) is 30.9 Å². The number of carbonyl (C=O) groups is 2. The normalized spacial score (nSPS) is 15.0. The van der Waals surface area contributed by atoms with Crippen molar-refractivity contribution in [1.82, 2.24) is 10.3 Å². The molecule has 0 radical (unpaired) electrons. The molecule has 0 spiro atoms. The van der Waals surface area contributed by atoms with Gasteiger partial charge >= 0.3 is 5.97 Å². The van der Waals surface area contributed by atoms with Crippen LogP contribution in [0.3, 0.4) is 0 Å². The number of nitrogens with one attached hydrogen (secondary N) is 2. The highest BCUT2D eigenvalue weighted by atomic mass is 16.5. The minimum atomic E-state index is -0.336. The number of fused-ring (bicyclic) bond motifs is 1. The zero-order valence-corrected chi connectivity index (χ0v) is 13.1. The maximum Gasteiger partial charge on any atom is 0.306 e. The molecule has 1 heterocycles. The van der Waals surface area contributed by atoms with E-state index in [1.54, 1.807) is 0 Å². The van der Waals surface area contributed by atoms with Gasteiger partial charge in [0.2, 0.25) is 0 Å². The standard InChI is InChI=1S/C18H22N2O3/c21-17(20-14-5-1-2-6-14)12-23-18(22)10-9-13-11-19-16-8-4-3-7-15(13)16/h3-4,7-8,11,14,19H,1-2,5-6,9-10,12H2,(H,20,21). The molecule has 1 amide bonds. The summed E-state index contributed by atoms with van der Waals surface area (Å²) in [7, 11) is 0. The summed E-state index contributed by atoms with van der Waals surface area (Å²) in [6.07, 6.45) is 7.18. The van der Waals surface area contributed by atoms with Crippen molar-refractivity contribution in [2.45, 2.75) is 44.6 Å². The van der Waals surface area contributed by atoms with E-state index in [1.165, 1.54) is 0 Å². The molecule has 0 aliphatic heterocycles. The topological polar surface area (TPSA) is 71.2 Å². The van der Waals surface area contributed by atoms with Crippen LogP contribution in [0.4, 0.5) is 0 Å². The maximum atomic E-state index is 11.8. The van der Waals surface area contributed by atoms with Gasteiger partial charge in [0.25, 0.3) is 5.91 Å². The smallest absolute Gasteiger partial charge is 0.306 e. The quantitative estimate of drug-likeness (QED) is 0.805. The fourth-order valence-corrected chi connectivity index (χ4v) is 3.13. The number of aromatic nitrogens is 1. The minimum absolute atomic E-state index is 0.177. The number of aryl methyl sites for hydroxylation is 1. The number of rotatable bonds is 6. The summed E-state index contributed by atoms with van der Waals surface area (Å²) in [5, 5.41) is 4.03. The Hall–Kier alpha value is -2.30. The first-order valence-corrected chi connectivity index (χ1v) is 8.22. The summed E-state index contributed by atoms with van der Waals surface area (Å²) in [5.41, 5.74) is 2.15. The van der Waals surface area contributed by atoms with Crippen LogP contribution in [0.15, 0.2) is 30.5 Å². The van der Waals surface area contributed by atoms with Gasteiger partial charge < -0.3 is 15.0 Å². The van der Waals surface area contributed by atoms with E-state index >= 15 is 0 Å². The molecule has 2 N–H and O–H groups in total. The molecule has 3 rings (SSSR count). The lowest BCUT2D eigenvalue weighted by Crippen LogP contribution is -2.35. The largest absolute Gasteiger partial charge is 0.456 e. The Morgan fingerprint density at radius 1 is 1.22 bits per heavy atom. The number of carbonyl (C=O) groups excluding carboxylic acids is 2. The van der Waals surface area contributed by atoms with Crippen molar-refractivity contribution < 1.29 is 14.3 Å². The third-order valence-corrected chi connectivity index (χ3v) is 4.36. The Morgan fingerprint density at radius 2 is 2.00 bits per heavy atom. The van der Waals surface area contributed by atoms with E-state index in [9.17, 15) is 9.59 Å². The zero-order chi connectivity index (χ0) is 16.1. The van der Waals surface area contributed by atoms with Gasteiger partial charge in [-0.25, -0.2) is 0 Å². The van der Waals surface area contributed by atoms with E-state index < -0.39 is 0 Å². The van der Waals surface area contributed by atoms with Crippen LogP contribution in [0, 0.1) is 0 Å². The van der Waals surface area contributed by atoms with Crippen LogP contribution >= 0.6 is 0 Å². The maximum absolute atomic E-state index is 11.8. The van der Waals surface area contributed by atoms with Gasteiger partial charge in [-0.2, -0.15) is 0 Å². The van der Waals surface area contributed by atoms with Gasteiger partial charge in [0.05, 0.1) is 0 Å². The summed E-state index contributed by atoms with van der Waals surface area (Å²) < 4.78 is 5.06. The Balaban J connectivity index is 1.41. The number of ether oxygens (including phenoxy) is 1. The number of H-pyrrole nitrogens is 1. The molecule has 1 aliphatic rings. The van der Waals surface area contributed by atoms with Gasteiger partial charge in [-0.1, -0.05) is 31.0 Å². The van der Waals surface area contributed by atoms with Gasteiger partial charge in [0.15, 0.2) is 6.61 Å². The molecule has 1 aromatic carbocycles. The highest BCUT2D eigenvalue weighted by Gasteiger charge is 2.17. The summed E-state index contributed by atoms with van der Waals surface area (Å²) in [6, 6.07) is 8.24. The molecule has 0 unspecified atom stereocenters. The van der Waals surface area contributed by atoms with Crippen LogP contribution in [-0.2, 0) is 20.7 Å². The summed E-state index contributed by atoms with van der Waals surface area (Å²) in [5.74, 6) is -0.533. The first-order chi connectivity index (χ1) is 11.2. The fourth-order valence-electron chi connectivity index (χ4n) is 3.13. The first kappa shape index (κ1) is 15.6. The second kappa shape index (κ2) is 7.31. The van der Waals surface area contributed by atoms with Crippen molar-refractivity contribution in [3.05, 3.63) is 36.0 Å². The summed E-state index contributed by atoms with van der Waals surface area (Å²) in [6.45, 7) is -0.177. The van der Waals surface area contributed by atoms with Crippen LogP contribution in [0.25, 0.3) is 10.9 Å². The second-order valence-electron chi connectivity index (χ2n) is 6.07. The number of benzene rings is 1. The van der Waals surface area contributed by atoms with Gasteiger partial charge in [0, 0.05) is 29.6 Å². The Labute approximate surface area is 135 Å². The molecular weight excluding hydrogens is 292 g/mol. The van der Waals surface area contributed by atoms with E-state index in [1.807, 2.05) is 30.5 Å². The van der Waals surface area contributed by atoms with Crippen molar-refractivity contribution in [3.8, 4) is 0 Å². The molecule has 122 valence electrons. The monoisotopic (exact) mass is 314 g/mol. The summed E-state index contributed by atoms with van der Waals surface area (Å²) >= 11 is 0. The number of amides is 1. The number of para-hydroxylation sites is 1. The van der Waals surface area contributed by atoms with E-state index in [0.29, 0.717) is 6.42 Å². The fraction of sp³-hybridized carbons (Fsp3) is 0.444. The molecule has 1 aromatic heterocycles. The second-order valence-corrected chi connectivity index (χ2v) is 6.07. The van der Waals surface area contributed by atoms with Crippen LogP contribution in [0.1, 0.15) is 37.7 Å². The molecule has 1 aliphatic carbocycles. The van der Waals surface area contributed by atoms with Crippen LogP contribution < -0.4 is 5.32 Å². The highest BCUT2D eigenvalue weighted by Crippen LogP contribution is 2.19. The third-order valence-electron chi connectivity index (χ3n) is 4.36. The van der Waals surface area contributed by atoms with Crippen LogP contribution in [0.2, 0.25) is 0 Å². The highest BCUT2D eigenvalue weighted by molar-refractivity contribution is 5.84. The number of hydrogen-bond acceptors (Lipinski definition) is 3. The molecule has 1 fully saturated rings. The minimum Gasteiger partial charge on any atom is -0.456 e. The molecule has 0 saturated heterocycles. The van der Waals surface area contributed by atoms with Crippen molar-refractivity contribution in [1.29, 1.82) is 0 Å². The van der Waals surface area contributed by atoms with Crippen LogP contribution in [-0.4, -0.2) is 29.5 Å². The number of hydrogen-bond donors (Lipinski definition) is 2. The molecular formula is C18H22N2O3. The molecule has 1 saturated carbocycles. The van der Waals surface area contributed by atoms with Crippen molar-refractivity contribution in [2.24, 2.45) is 0 Å². The molecule has 5 nitrogen and oxygen atoms in total. The lowest BCUT2D eigenvalue weighted by Gasteiger charge is -2.11. The molecule has 5 heteroatoms. The average Bonchev–Trinajstić information content (AvgIpc) is 3.20. The van der Waals surface area contributed by atoms with Crippen LogP contribution in [0.5, 0.6) is 0 Å². The van der Waals surface area contributed by atoms with E-state index in [0.717, 1.165) is 42.1 Å². The zero-order valence-electron chi connectivity index (χ0n) is 13.1. The Morgan fingerprint density at radius 3 is 2.83 bits per heavy atom. The van der Waals surface area contributed by atoms with Crippen molar-refractivity contribution in [3.63, 3.8) is 0 Å². The van der Waals surface area contributed by atoms with Gasteiger partial charge in [-0.15, -0.1) is 0 Å². The van der Waals surface area contributed by atoms with Gasteiger partial charge in [0.1, 0.15) is 0 Å². The molecule has 2 aromatic rings. The lowest BCUT2D eigenvalue weighted by molar-refractivity contribution is -0.148. The number of esters is 1. The van der Waals surface area contributed by atoms with Crippen molar-refractivity contribution >= 4 is 22.8 Å². The molecule has 23 heavy (non-hydrogen) atoms. The SMILES string of the molecule is O=C(COC(=O)CCc1c[nH]c2ccccc12)NC1CCCC1. The van der Waals surface area contributed by atoms with E-state index in [2.05, 4.69) is 10.3 Å². The van der Waals surface area contributed by atoms with Gasteiger partial charge in [-0.3, -0.25) is 9.59 Å². The summed E-state index contributed by atoms with van der Waals surface area (Å²) in [4.78, 5) is 26.7. The van der Waals surface area contributed by atoms with E-state index in [4.69, 9.17) is 4.74 Å². The Kier molecular flexibility index (Phi) is 4.95. The van der Waals surface area contributed by atoms with E-state index in [-0.39, 0.29) is 30.9 Å². The predicted molar refractivity (Wildman–Crippen MR) is 88.0 cm³/mol. The molecule has 0 atom stereocenters. The Bertz CT molecular complexity index is 686.